The third-order valence-electron chi connectivity index (χ3n) is 3.12. The van der Waals surface area contributed by atoms with Gasteiger partial charge in [0, 0.05) is 24.9 Å². The first-order valence-electron chi connectivity index (χ1n) is 6.62. The zero-order valence-corrected chi connectivity index (χ0v) is 11.9. The molecule has 0 spiro atoms. The van der Waals surface area contributed by atoms with E-state index in [9.17, 15) is 4.79 Å². The van der Waals surface area contributed by atoms with Crippen molar-refractivity contribution in [3.05, 3.63) is 59.0 Å². The molecule has 0 atom stereocenters. The lowest BCUT2D eigenvalue weighted by Gasteiger charge is -2.11. The minimum absolute atomic E-state index is 0.147. The minimum atomic E-state index is -0.168. The van der Waals surface area contributed by atoms with Crippen LogP contribution in [0.25, 0.3) is 11.3 Å². The summed E-state index contributed by atoms with van der Waals surface area (Å²) in [6.07, 6.45) is 1.53. The molecule has 3 aromatic rings. The summed E-state index contributed by atoms with van der Waals surface area (Å²) < 4.78 is 1.41. The highest BCUT2D eigenvalue weighted by atomic mass is 16.1. The third kappa shape index (κ3) is 2.78. The van der Waals surface area contributed by atoms with Gasteiger partial charge in [-0.3, -0.25) is 9.36 Å². The molecule has 0 aliphatic carbocycles. The summed E-state index contributed by atoms with van der Waals surface area (Å²) in [5.41, 5.74) is 6.84. The normalized spacial score (nSPS) is 10.4. The van der Waals surface area contributed by atoms with Crippen molar-refractivity contribution in [2.24, 2.45) is 7.05 Å². The van der Waals surface area contributed by atoms with E-state index in [1.165, 1.54) is 16.8 Å². The van der Waals surface area contributed by atoms with E-state index in [1.807, 2.05) is 30.3 Å². The Morgan fingerprint density at radius 2 is 1.91 bits per heavy atom. The van der Waals surface area contributed by atoms with Crippen LogP contribution in [0.3, 0.4) is 0 Å². The zero-order valence-electron chi connectivity index (χ0n) is 11.9. The van der Waals surface area contributed by atoms with E-state index in [4.69, 9.17) is 5.73 Å². The highest BCUT2D eigenvalue weighted by Crippen LogP contribution is 2.18. The first-order valence-corrected chi connectivity index (χ1v) is 6.62. The number of nitrogens with two attached hydrogens (primary N) is 1. The third-order valence-corrected chi connectivity index (χ3v) is 3.12. The van der Waals surface area contributed by atoms with Gasteiger partial charge in [0.05, 0.1) is 5.69 Å². The van der Waals surface area contributed by atoms with Crippen LogP contribution in [0.15, 0.2) is 53.5 Å². The Labute approximate surface area is 126 Å². The molecule has 0 aliphatic rings. The number of nitrogens with one attached hydrogen (secondary N) is 1. The Morgan fingerprint density at radius 3 is 2.64 bits per heavy atom. The van der Waals surface area contributed by atoms with Crippen LogP contribution in [0.5, 0.6) is 0 Å². The highest BCUT2D eigenvalue weighted by molar-refractivity contribution is 5.61. The van der Waals surface area contributed by atoms with Gasteiger partial charge in [-0.05, 0) is 6.07 Å². The second kappa shape index (κ2) is 5.65. The second-order valence-corrected chi connectivity index (χ2v) is 4.65. The molecule has 0 bridgehead atoms. The predicted molar refractivity (Wildman–Crippen MR) is 84.6 cm³/mol. The van der Waals surface area contributed by atoms with Crippen molar-refractivity contribution in [1.82, 2.24) is 19.5 Å². The van der Waals surface area contributed by atoms with Gasteiger partial charge in [-0.25, -0.2) is 9.97 Å². The van der Waals surface area contributed by atoms with E-state index < -0.39 is 0 Å². The number of nitrogens with zero attached hydrogens (tertiary/aromatic N) is 4. The first-order chi connectivity index (χ1) is 10.6. The van der Waals surface area contributed by atoms with Gasteiger partial charge in [0.15, 0.2) is 0 Å². The van der Waals surface area contributed by atoms with Crippen molar-refractivity contribution in [3.63, 3.8) is 0 Å². The van der Waals surface area contributed by atoms with Crippen LogP contribution in [0.2, 0.25) is 0 Å². The SMILES string of the molecule is Cn1c(Nc2ccnc(N)n2)nc(-c2ccccc2)cc1=O. The van der Waals surface area contributed by atoms with E-state index in [0.717, 1.165) is 5.56 Å². The fraction of sp³-hybridized carbons (Fsp3) is 0.0667. The monoisotopic (exact) mass is 294 g/mol. The van der Waals surface area contributed by atoms with Crippen molar-refractivity contribution in [2.45, 2.75) is 0 Å². The van der Waals surface area contributed by atoms with E-state index in [-0.39, 0.29) is 11.5 Å². The van der Waals surface area contributed by atoms with Crippen LogP contribution < -0.4 is 16.6 Å². The molecule has 3 rings (SSSR count). The summed E-state index contributed by atoms with van der Waals surface area (Å²) >= 11 is 0. The van der Waals surface area contributed by atoms with E-state index in [0.29, 0.717) is 17.5 Å². The Balaban J connectivity index is 2.04. The second-order valence-electron chi connectivity index (χ2n) is 4.65. The van der Waals surface area contributed by atoms with E-state index in [2.05, 4.69) is 20.3 Å². The molecular weight excluding hydrogens is 280 g/mol. The fourth-order valence-corrected chi connectivity index (χ4v) is 1.97. The zero-order chi connectivity index (χ0) is 15.5. The lowest BCUT2D eigenvalue weighted by atomic mass is 10.1. The van der Waals surface area contributed by atoms with Crippen molar-refractivity contribution in [1.29, 1.82) is 0 Å². The number of anilines is 3. The molecule has 3 N–H and O–H groups in total. The summed E-state index contributed by atoms with van der Waals surface area (Å²) in [5, 5.41) is 2.98. The van der Waals surface area contributed by atoms with Crippen LogP contribution in [0.4, 0.5) is 17.7 Å². The van der Waals surface area contributed by atoms with Crippen LogP contribution in [-0.4, -0.2) is 19.5 Å². The minimum Gasteiger partial charge on any atom is -0.368 e. The van der Waals surface area contributed by atoms with Crippen molar-refractivity contribution in [3.8, 4) is 11.3 Å². The van der Waals surface area contributed by atoms with Gasteiger partial charge < -0.3 is 11.1 Å². The summed E-state index contributed by atoms with van der Waals surface area (Å²) in [4.78, 5) is 24.5. The van der Waals surface area contributed by atoms with Gasteiger partial charge in [-0.2, -0.15) is 4.98 Å². The lowest BCUT2D eigenvalue weighted by Crippen LogP contribution is -2.20. The molecule has 0 fully saturated rings. The Hall–Kier alpha value is -3.22. The summed E-state index contributed by atoms with van der Waals surface area (Å²) in [6.45, 7) is 0. The number of hydrogen-bond acceptors (Lipinski definition) is 6. The average molecular weight is 294 g/mol. The van der Waals surface area contributed by atoms with Gasteiger partial charge in [0.1, 0.15) is 5.82 Å². The van der Waals surface area contributed by atoms with E-state index >= 15 is 0 Å². The van der Waals surface area contributed by atoms with Crippen molar-refractivity contribution >= 4 is 17.7 Å². The summed E-state index contributed by atoms with van der Waals surface area (Å²) in [5.74, 6) is 0.999. The largest absolute Gasteiger partial charge is 0.368 e. The maximum absolute atomic E-state index is 12.1. The molecule has 1 aromatic carbocycles. The molecule has 2 aromatic heterocycles. The van der Waals surface area contributed by atoms with E-state index in [1.54, 1.807) is 13.1 Å². The summed E-state index contributed by atoms with van der Waals surface area (Å²) in [7, 11) is 1.64. The highest BCUT2D eigenvalue weighted by Gasteiger charge is 2.08. The topological polar surface area (TPSA) is 98.7 Å². The molecule has 0 saturated carbocycles. The number of hydrogen-bond donors (Lipinski definition) is 2. The molecule has 22 heavy (non-hydrogen) atoms. The lowest BCUT2D eigenvalue weighted by molar-refractivity contribution is 0.839. The Kier molecular flexibility index (Phi) is 3.53. The molecule has 7 heteroatoms. The van der Waals surface area contributed by atoms with Crippen molar-refractivity contribution in [2.75, 3.05) is 11.1 Å². The predicted octanol–water partition coefficient (Wildman–Crippen LogP) is 1.56. The number of benzene rings is 1. The van der Waals surface area contributed by atoms with Crippen molar-refractivity contribution < 1.29 is 0 Å². The fourth-order valence-electron chi connectivity index (χ4n) is 1.97. The first kappa shape index (κ1) is 13.7. The van der Waals surface area contributed by atoms with Crippen LogP contribution in [0, 0.1) is 0 Å². The maximum atomic E-state index is 12.1. The number of aromatic nitrogens is 4. The van der Waals surface area contributed by atoms with Gasteiger partial charge in [0.2, 0.25) is 11.9 Å². The average Bonchev–Trinajstić information content (AvgIpc) is 2.52. The van der Waals surface area contributed by atoms with Crippen LogP contribution in [0.1, 0.15) is 0 Å². The van der Waals surface area contributed by atoms with Gasteiger partial charge in [0.25, 0.3) is 5.56 Å². The maximum Gasteiger partial charge on any atom is 0.255 e. The molecule has 0 radical (unpaired) electrons. The molecule has 110 valence electrons. The molecule has 2 heterocycles. The van der Waals surface area contributed by atoms with Crippen LogP contribution >= 0.6 is 0 Å². The van der Waals surface area contributed by atoms with Gasteiger partial charge >= 0.3 is 0 Å². The molecule has 7 nitrogen and oxygen atoms in total. The summed E-state index contributed by atoms with van der Waals surface area (Å²) in [6, 6.07) is 12.6. The molecule has 0 saturated heterocycles. The van der Waals surface area contributed by atoms with Crippen LogP contribution in [-0.2, 0) is 7.05 Å². The molecule has 0 amide bonds. The van der Waals surface area contributed by atoms with Gasteiger partial charge in [-0.1, -0.05) is 30.3 Å². The molecular formula is C15H14N6O. The smallest absolute Gasteiger partial charge is 0.255 e. The van der Waals surface area contributed by atoms with Gasteiger partial charge in [-0.15, -0.1) is 0 Å². The number of nitrogen functional groups attached to an aromatic ring is 1. The molecule has 0 aliphatic heterocycles. The Morgan fingerprint density at radius 1 is 1.14 bits per heavy atom. The number of rotatable bonds is 3. The standard InChI is InChI=1S/C15H14N6O/c1-21-13(22)9-11(10-5-3-2-4-6-10)18-15(21)20-12-7-8-17-14(16)19-12/h2-9H,1H3,(H3,16,17,18,19,20). The quantitative estimate of drug-likeness (QED) is 0.760. The molecule has 0 unspecified atom stereocenters. The Bertz CT molecular complexity index is 859.